The zero-order valence-corrected chi connectivity index (χ0v) is 13.3. The predicted octanol–water partition coefficient (Wildman–Crippen LogP) is 4.22. The van der Waals surface area contributed by atoms with Crippen molar-refractivity contribution in [3.8, 4) is 0 Å². The SMILES string of the molecule is CCCCCCC(O)C(CC)(CC)N(CC)CC. The number of likely N-dealkylation sites (N-methyl/N-ethyl adjacent to an activating group) is 1. The lowest BCUT2D eigenvalue weighted by Crippen LogP contribution is -2.56. The van der Waals surface area contributed by atoms with E-state index in [1.54, 1.807) is 0 Å². The van der Waals surface area contributed by atoms with Crippen LogP contribution in [0.25, 0.3) is 0 Å². The third kappa shape index (κ3) is 4.55. The van der Waals surface area contributed by atoms with Crippen molar-refractivity contribution in [2.75, 3.05) is 13.1 Å². The molecule has 110 valence electrons. The summed E-state index contributed by atoms with van der Waals surface area (Å²) >= 11 is 0. The number of unbranched alkanes of at least 4 members (excludes halogenated alkanes) is 3. The minimum atomic E-state index is -0.177. The first-order chi connectivity index (χ1) is 8.62. The van der Waals surface area contributed by atoms with Crippen molar-refractivity contribution in [3.63, 3.8) is 0 Å². The minimum absolute atomic E-state index is 0.00425. The molecule has 18 heavy (non-hydrogen) atoms. The maximum atomic E-state index is 10.6. The molecule has 0 bridgehead atoms. The molecule has 0 aromatic carbocycles. The normalized spacial score (nSPS) is 14.2. The summed E-state index contributed by atoms with van der Waals surface area (Å²) in [7, 11) is 0. The van der Waals surface area contributed by atoms with E-state index < -0.39 is 0 Å². The van der Waals surface area contributed by atoms with Crippen LogP contribution in [-0.4, -0.2) is 34.7 Å². The Morgan fingerprint density at radius 1 is 0.889 bits per heavy atom. The second kappa shape index (κ2) is 9.80. The number of aliphatic hydroxyl groups excluding tert-OH is 1. The van der Waals surface area contributed by atoms with Gasteiger partial charge < -0.3 is 5.11 Å². The second-order valence-electron chi connectivity index (χ2n) is 5.35. The molecule has 0 heterocycles. The van der Waals surface area contributed by atoms with E-state index in [4.69, 9.17) is 0 Å². The summed E-state index contributed by atoms with van der Waals surface area (Å²) in [5, 5.41) is 10.6. The number of hydrogen-bond acceptors (Lipinski definition) is 2. The van der Waals surface area contributed by atoms with Crippen LogP contribution in [0, 0.1) is 0 Å². The van der Waals surface area contributed by atoms with Gasteiger partial charge >= 0.3 is 0 Å². The van der Waals surface area contributed by atoms with E-state index >= 15 is 0 Å². The molecule has 0 aliphatic heterocycles. The van der Waals surface area contributed by atoms with Crippen LogP contribution in [0.5, 0.6) is 0 Å². The standard InChI is InChI=1S/C16H35NO/c1-6-11-12-13-14-15(18)16(7-2,8-3)17(9-4)10-5/h15,18H,6-14H2,1-5H3. The van der Waals surface area contributed by atoms with Crippen molar-refractivity contribution in [2.45, 2.75) is 91.2 Å². The van der Waals surface area contributed by atoms with Gasteiger partial charge in [-0.25, -0.2) is 0 Å². The number of nitrogens with zero attached hydrogens (tertiary/aromatic N) is 1. The van der Waals surface area contributed by atoms with E-state index in [0.717, 1.165) is 38.8 Å². The van der Waals surface area contributed by atoms with Crippen molar-refractivity contribution < 1.29 is 5.11 Å². The Hall–Kier alpha value is -0.0800. The maximum absolute atomic E-state index is 10.6. The molecule has 0 spiro atoms. The van der Waals surface area contributed by atoms with Crippen molar-refractivity contribution in [2.24, 2.45) is 0 Å². The fraction of sp³-hybridized carbons (Fsp3) is 1.00. The lowest BCUT2D eigenvalue weighted by atomic mass is 9.82. The third-order valence-corrected chi connectivity index (χ3v) is 4.57. The molecular formula is C16H35NO. The molecule has 0 amide bonds. The molecule has 0 radical (unpaired) electrons. The van der Waals surface area contributed by atoms with E-state index in [1.165, 1.54) is 19.3 Å². The summed E-state index contributed by atoms with van der Waals surface area (Å²) in [5.41, 5.74) is -0.00425. The van der Waals surface area contributed by atoms with E-state index in [1.807, 2.05) is 0 Å². The highest BCUT2D eigenvalue weighted by Crippen LogP contribution is 2.30. The number of hydrogen-bond donors (Lipinski definition) is 1. The smallest absolute Gasteiger partial charge is 0.0723 e. The Balaban J connectivity index is 4.54. The molecule has 0 aromatic rings. The predicted molar refractivity (Wildman–Crippen MR) is 81.0 cm³/mol. The summed E-state index contributed by atoms with van der Waals surface area (Å²) < 4.78 is 0. The fourth-order valence-corrected chi connectivity index (χ4v) is 3.27. The third-order valence-electron chi connectivity index (χ3n) is 4.57. The molecule has 0 aliphatic rings. The molecule has 1 N–H and O–H groups in total. The molecule has 1 unspecified atom stereocenters. The molecule has 2 nitrogen and oxygen atoms in total. The lowest BCUT2D eigenvalue weighted by molar-refractivity contribution is -0.0394. The Bertz CT molecular complexity index is 186. The average molecular weight is 257 g/mol. The van der Waals surface area contributed by atoms with Crippen LogP contribution in [0.15, 0.2) is 0 Å². The van der Waals surface area contributed by atoms with Crippen LogP contribution in [0.1, 0.15) is 79.6 Å². The quantitative estimate of drug-likeness (QED) is 0.560. The maximum Gasteiger partial charge on any atom is 0.0723 e. The molecule has 0 rings (SSSR count). The monoisotopic (exact) mass is 257 g/mol. The van der Waals surface area contributed by atoms with Gasteiger partial charge in [0, 0.05) is 5.54 Å². The first-order valence-electron chi connectivity index (χ1n) is 8.05. The zero-order chi connectivity index (χ0) is 14.0. The molecule has 0 aliphatic carbocycles. The highest BCUT2D eigenvalue weighted by molar-refractivity contribution is 4.94. The first kappa shape index (κ1) is 17.9. The summed E-state index contributed by atoms with van der Waals surface area (Å²) in [4.78, 5) is 2.46. The van der Waals surface area contributed by atoms with E-state index in [-0.39, 0.29) is 11.6 Å². The van der Waals surface area contributed by atoms with Crippen molar-refractivity contribution in [3.05, 3.63) is 0 Å². The lowest BCUT2D eigenvalue weighted by Gasteiger charge is -2.46. The summed E-state index contributed by atoms with van der Waals surface area (Å²) in [6.45, 7) is 13.1. The van der Waals surface area contributed by atoms with Gasteiger partial charge in [0.1, 0.15) is 0 Å². The molecule has 1 atom stereocenters. The molecular weight excluding hydrogens is 222 g/mol. The average Bonchev–Trinajstić information content (AvgIpc) is 2.40. The van der Waals surface area contributed by atoms with Crippen LogP contribution >= 0.6 is 0 Å². The van der Waals surface area contributed by atoms with Crippen LogP contribution < -0.4 is 0 Å². The Morgan fingerprint density at radius 2 is 1.44 bits per heavy atom. The molecule has 2 heteroatoms. The van der Waals surface area contributed by atoms with Gasteiger partial charge in [-0.05, 0) is 32.4 Å². The highest BCUT2D eigenvalue weighted by atomic mass is 16.3. The summed E-state index contributed by atoms with van der Waals surface area (Å²) in [6.07, 6.45) is 7.85. The van der Waals surface area contributed by atoms with E-state index in [2.05, 4.69) is 39.5 Å². The van der Waals surface area contributed by atoms with Gasteiger partial charge in [0.2, 0.25) is 0 Å². The fourth-order valence-electron chi connectivity index (χ4n) is 3.27. The summed E-state index contributed by atoms with van der Waals surface area (Å²) in [5.74, 6) is 0. The zero-order valence-electron chi connectivity index (χ0n) is 13.3. The van der Waals surface area contributed by atoms with Gasteiger partial charge in [0.15, 0.2) is 0 Å². The van der Waals surface area contributed by atoms with Crippen molar-refractivity contribution >= 4 is 0 Å². The van der Waals surface area contributed by atoms with Gasteiger partial charge in [0.25, 0.3) is 0 Å². The molecule has 0 aromatic heterocycles. The Morgan fingerprint density at radius 3 is 1.83 bits per heavy atom. The van der Waals surface area contributed by atoms with Crippen molar-refractivity contribution in [1.29, 1.82) is 0 Å². The minimum Gasteiger partial charge on any atom is -0.391 e. The summed E-state index contributed by atoms with van der Waals surface area (Å²) in [6, 6.07) is 0. The van der Waals surface area contributed by atoms with Gasteiger partial charge in [-0.2, -0.15) is 0 Å². The highest BCUT2D eigenvalue weighted by Gasteiger charge is 2.38. The van der Waals surface area contributed by atoms with Gasteiger partial charge in [0.05, 0.1) is 6.10 Å². The number of rotatable bonds is 11. The van der Waals surface area contributed by atoms with Crippen LogP contribution in [0.4, 0.5) is 0 Å². The van der Waals surface area contributed by atoms with Crippen LogP contribution in [0.3, 0.4) is 0 Å². The first-order valence-corrected chi connectivity index (χ1v) is 8.05. The van der Waals surface area contributed by atoms with E-state index in [9.17, 15) is 5.11 Å². The molecule has 0 saturated carbocycles. The van der Waals surface area contributed by atoms with Gasteiger partial charge in [-0.15, -0.1) is 0 Å². The second-order valence-corrected chi connectivity index (χ2v) is 5.35. The van der Waals surface area contributed by atoms with Crippen LogP contribution in [0.2, 0.25) is 0 Å². The van der Waals surface area contributed by atoms with Crippen molar-refractivity contribution in [1.82, 2.24) is 4.90 Å². The molecule has 0 fully saturated rings. The van der Waals surface area contributed by atoms with Crippen LogP contribution in [-0.2, 0) is 0 Å². The van der Waals surface area contributed by atoms with E-state index in [0.29, 0.717) is 0 Å². The van der Waals surface area contributed by atoms with Gasteiger partial charge in [-0.1, -0.05) is 60.3 Å². The molecule has 0 saturated heterocycles. The Kier molecular flexibility index (Phi) is 9.76. The topological polar surface area (TPSA) is 23.5 Å². The van der Waals surface area contributed by atoms with Gasteiger partial charge in [-0.3, -0.25) is 4.90 Å². The Labute approximate surface area is 115 Å². The largest absolute Gasteiger partial charge is 0.391 e. The number of aliphatic hydroxyl groups is 1.